The Hall–Kier alpha value is -2.09. The number of amides is 3. The Morgan fingerprint density at radius 2 is 2.20 bits per heavy atom. The van der Waals surface area contributed by atoms with Gasteiger partial charge in [-0.05, 0) is 18.9 Å². The van der Waals surface area contributed by atoms with Crippen LogP contribution in [0.5, 0.6) is 0 Å². The monoisotopic (exact) mass is 349 g/mol. The third kappa shape index (κ3) is 4.12. The number of methoxy groups -OCH3 is 1. The van der Waals surface area contributed by atoms with Gasteiger partial charge in [-0.2, -0.15) is 5.10 Å². The highest BCUT2D eigenvalue weighted by molar-refractivity contribution is 5.79. The number of hydrogen-bond acceptors (Lipinski definition) is 4. The number of likely N-dealkylation sites (N-methyl/N-ethyl adjacent to an activating group) is 1. The Morgan fingerprint density at radius 1 is 1.40 bits per heavy atom. The summed E-state index contributed by atoms with van der Waals surface area (Å²) in [6, 6.07) is 1.83. The van der Waals surface area contributed by atoms with E-state index in [4.69, 9.17) is 4.74 Å². The Kier molecular flexibility index (Phi) is 5.57. The third-order valence-electron chi connectivity index (χ3n) is 5.01. The third-order valence-corrected chi connectivity index (χ3v) is 5.01. The fraction of sp³-hybridized carbons (Fsp3) is 0.706. The largest absolute Gasteiger partial charge is 0.383 e. The molecule has 8 nitrogen and oxygen atoms in total. The minimum absolute atomic E-state index is 0.148. The van der Waals surface area contributed by atoms with Crippen molar-refractivity contribution in [3.63, 3.8) is 0 Å². The van der Waals surface area contributed by atoms with Crippen molar-refractivity contribution in [3.8, 4) is 0 Å². The fourth-order valence-electron chi connectivity index (χ4n) is 3.14. The van der Waals surface area contributed by atoms with Gasteiger partial charge in [0.25, 0.3) is 0 Å². The number of fused-ring (bicyclic) bond motifs is 1. The van der Waals surface area contributed by atoms with Crippen LogP contribution in [-0.2, 0) is 29.2 Å². The summed E-state index contributed by atoms with van der Waals surface area (Å²) in [5.41, 5.74) is 1.86. The van der Waals surface area contributed by atoms with Crippen LogP contribution in [0, 0.1) is 5.92 Å². The summed E-state index contributed by atoms with van der Waals surface area (Å²) in [5, 5.41) is 7.40. The molecule has 1 aliphatic heterocycles. The summed E-state index contributed by atoms with van der Waals surface area (Å²) >= 11 is 0. The lowest BCUT2D eigenvalue weighted by atomic mass is 9.84. The van der Waals surface area contributed by atoms with Gasteiger partial charge in [0, 0.05) is 33.2 Å². The molecule has 3 rings (SSSR count). The molecular weight excluding hydrogens is 322 g/mol. The molecule has 0 atom stereocenters. The van der Waals surface area contributed by atoms with Crippen molar-refractivity contribution >= 4 is 11.9 Å². The SMILES string of the molecule is COCCN(C)C(=O)NCc1cc2n(n1)CCN(C(=O)C1CCC1)C2. The van der Waals surface area contributed by atoms with Crippen LogP contribution in [0.3, 0.4) is 0 Å². The van der Waals surface area contributed by atoms with Crippen molar-refractivity contribution in [3.05, 3.63) is 17.5 Å². The number of aromatic nitrogens is 2. The highest BCUT2D eigenvalue weighted by Gasteiger charge is 2.31. The molecule has 2 heterocycles. The van der Waals surface area contributed by atoms with Gasteiger partial charge in [0.05, 0.1) is 37.6 Å². The molecule has 8 heteroatoms. The van der Waals surface area contributed by atoms with Gasteiger partial charge in [-0.15, -0.1) is 0 Å². The molecule has 0 radical (unpaired) electrons. The first-order valence-electron chi connectivity index (χ1n) is 8.90. The molecule has 2 aliphatic rings. The van der Waals surface area contributed by atoms with Crippen LogP contribution < -0.4 is 5.32 Å². The summed E-state index contributed by atoms with van der Waals surface area (Å²) in [6.07, 6.45) is 3.23. The van der Waals surface area contributed by atoms with E-state index in [2.05, 4.69) is 10.4 Å². The summed E-state index contributed by atoms with van der Waals surface area (Å²) in [5.74, 6) is 0.518. The molecule has 0 saturated heterocycles. The zero-order valence-electron chi connectivity index (χ0n) is 15.0. The number of carbonyl (C=O) groups excluding carboxylic acids is 2. The first-order chi connectivity index (χ1) is 12.1. The molecule has 0 bridgehead atoms. The van der Waals surface area contributed by atoms with Crippen LogP contribution in [0.4, 0.5) is 4.79 Å². The predicted molar refractivity (Wildman–Crippen MR) is 91.7 cm³/mol. The molecule has 0 unspecified atom stereocenters. The minimum Gasteiger partial charge on any atom is -0.383 e. The van der Waals surface area contributed by atoms with Crippen LogP contribution >= 0.6 is 0 Å². The normalized spacial score (nSPS) is 17.0. The minimum atomic E-state index is -0.148. The Bertz CT molecular complexity index is 626. The maximum Gasteiger partial charge on any atom is 0.317 e. The first kappa shape index (κ1) is 17.7. The van der Waals surface area contributed by atoms with Crippen LogP contribution in [0.1, 0.15) is 30.7 Å². The van der Waals surface area contributed by atoms with Crippen LogP contribution in [0.2, 0.25) is 0 Å². The summed E-state index contributed by atoms with van der Waals surface area (Å²) < 4.78 is 6.91. The maximum atomic E-state index is 12.4. The second kappa shape index (κ2) is 7.86. The molecule has 138 valence electrons. The highest BCUT2D eigenvalue weighted by atomic mass is 16.5. The van der Waals surface area contributed by atoms with Crippen LogP contribution in [0.25, 0.3) is 0 Å². The lowest BCUT2D eigenvalue weighted by Gasteiger charge is -2.34. The highest BCUT2D eigenvalue weighted by Crippen LogP contribution is 2.29. The molecular formula is C17H27N5O3. The molecule has 1 saturated carbocycles. The van der Waals surface area contributed by atoms with Crippen molar-refractivity contribution in [1.82, 2.24) is 24.9 Å². The second-order valence-electron chi connectivity index (χ2n) is 6.81. The molecule has 3 amide bonds. The topological polar surface area (TPSA) is 79.7 Å². The zero-order valence-corrected chi connectivity index (χ0v) is 15.0. The average molecular weight is 349 g/mol. The van der Waals surface area contributed by atoms with E-state index in [1.54, 1.807) is 19.1 Å². The number of nitrogens with one attached hydrogen (secondary N) is 1. The lowest BCUT2D eigenvalue weighted by molar-refractivity contribution is -0.139. The van der Waals surface area contributed by atoms with E-state index in [0.717, 1.165) is 37.3 Å². The molecule has 1 fully saturated rings. The van der Waals surface area contributed by atoms with Crippen molar-refractivity contribution in [2.45, 2.75) is 38.9 Å². The molecule has 0 spiro atoms. The first-order valence-corrected chi connectivity index (χ1v) is 8.90. The second-order valence-corrected chi connectivity index (χ2v) is 6.81. The molecule has 1 aromatic rings. The van der Waals surface area contributed by atoms with E-state index in [1.807, 2.05) is 15.6 Å². The Morgan fingerprint density at radius 3 is 2.88 bits per heavy atom. The van der Waals surface area contributed by atoms with Crippen molar-refractivity contribution in [1.29, 1.82) is 0 Å². The van der Waals surface area contributed by atoms with E-state index in [-0.39, 0.29) is 17.9 Å². The van der Waals surface area contributed by atoms with E-state index >= 15 is 0 Å². The van der Waals surface area contributed by atoms with E-state index in [0.29, 0.717) is 26.2 Å². The number of hydrogen-bond donors (Lipinski definition) is 1. The van der Waals surface area contributed by atoms with Crippen molar-refractivity contribution < 1.29 is 14.3 Å². The maximum absolute atomic E-state index is 12.4. The predicted octanol–water partition coefficient (Wildman–Crippen LogP) is 0.813. The van der Waals surface area contributed by atoms with E-state index in [1.165, 1.54) is 6.42 Å². The van der Waals surface area contributed by atoms with Gasteiger partial charge < -0.3 is 19.9 Å². The zero-order chi connectivity index (χ0) is 17.8. The lowest BCUT2D eigenvalue weighted by Crippen LogP contribution is -2.43. The van der Waals surface area contributed by atoms with Crippen LogP contribution in [-0.4, -0.2) is 65.4 Å². The molecule has 1 N–H and O–H groups in total. The molecule has 1 aliphatic carbocycles. The summed E-state index contributed by atoms with van der Waals surface area (Å²) in [4.78, 5) is 27.9. The van der Waals surface area contributed by atoms with Gasteiger partial charge in [0.15, 0.2) is 0 Å². The standard InChI is InChI=1S/C17H27N5O3/c1-20(8-9-25-2)17(24)18-11-14-10-15-12-21(6-7-22(15)19-14)16(23)13-4-3-5-13/h10,13H,3-9,11-12H2,1-2H3,(H,18,24). The van der Waals surface area contributed by atoms with Crippen LogP contribution in [0.15, 0.2) is 6.07 Å². The number of rotatable bonds is 6. The Balaban J connectivity index is 1.52. The number of urea groups is 1. The average Bonchev–Trinajstić information content (AvgIpc) is 2.97. The fourth-order valence-corrected chi connectivity index (χ4v) is 3.14. The molecule has 25 heavy (non-hydrogen) atoms. The summed E-state index contributed by atoms with van der Waals surface area (Å²) in [7, 11) is 3.34. The van der Waals surface area contributed by atoms with Gasteiger partial charge in [0.1, 0.15) is 0 Å². The molecule has 1 aromatic heterocycles. The van der Waals surface area contributed by atoms with Crippen molar-refractivity contribution in [2.24, 2.45) is 5.92 Å². The number of ether oxygens (including phenoxy) is 1. The van der Waals surface area contributed by atoms with Gasteiger partial charge >= 0.3 is 6.03 Å². The van der Waals surface area contributed by atoms with Gasteiger partial charge in [-0.1, -0.05) is 6.42 Å². The smallest absolute Gasteiger partial charge is 0.317 e. The number of nitrogens with zero attached hydrogens (tertiary/aromatic N) is 4. The molecule has 0 aromatic carbocycles. The van der Waals surface area contributed by atoms with E-state index in [9.17, 15) is 9.59 Å². The quantitative estimate of drug-likeness (QED) is 0.824. The van der Waals surface area contributed by atoms with Crippen molar-refractivity contribution in [2.75, 3.05) is 33.9 Å². The van der Waals surface area contributed by atoms with Gasteiger partial charge in [0.2, 0.25) is 5.91 Å². The van der Waals surface area contributed by atoms with E-state index < -0.39 is 0 Å². The van der Waals surface area contributed by atoms with Gasteiger partial charge in [-0.25, -0.2) is 4.79 Å². The van der Waals surface area contributed by atoms with Gasteiger partial charge in [-0.3, -0.25) is 9.48 Å². The Labute approximate surface area is 148 Å². The number of carbonyl (C=O) groups is 2. The summed E-state index contributed by atoms with van der Waals surface area (Å²) in [6.45, 7) is 3.48.